The van der Waals surface area contributed by atoms with Gasteiger partial charge in [0, 0.05) is 11.9 Å². The van der Waals surface area contributed by atoms with Gasteiger partial charge in [-0.1, -0.05) is 38.9 Å². The number of carbonyl (C=O) groups is 1. The summed E-state index contributed by atoms with van der Waals surface area (Å²) in [5.74, 6) is -1.13. The minimum Gasteiger partial charge on any atom is -0.622 e. The number of hydrogen-bond donors (Lipinski definition) is 0. The number of thiazole rings is 1. The number of carbonyl (C=O) groups excluding carboxylic acids is 1. The van der Waals surface area contributed by atoms with Gasteiger partial charge in [-0.05, 0) is 24.3 Å². The number of quaternary nitrogens is 1. The second-order valence-electron chi connectivity index (χ2n) is 6.84. The summed E-state index contributed by atoms with van der Waals surface area (Å²) in [6.45, 7) is 0.533. The van der Waals surface area contributed by atoms with Gasteiger partial charge >= 0.3 is 12.1 Å². The maximum atomic E-state index is 13.8. The van der Waals surface area contributed by atoms with Crippen molar-refractivity contribution in [1.29, 1.82) is 0 Å². The van der Waals surface area contributed by atoms with Crippen molar-refractivity contribution in [3.05, 3.63) is 52.1 Å². The highest BCUT2D eigenvalue weighted by molar-refractivity contribution is 9.09. The summed E-state index contributed by atoms with van der Waals surface area (Å²) >= 11 is 10.2. The lowest BCUT2D eigenvalue weighted by Gasteiger charge is -2.38. The van der Waals surface area contributed by atoms with E-state index in [1.165, 1.54) is 18.4 Å². The van der Waals surface area contributed by atoms with Gasteiger partial charge in [0.2, 0.25) is 5.76 Å². The third kappa shape index (κ3) is 4.32. The smallest absolute Gasteiger partial charge is 0.416 e. The van der Waals surface area contributed by atoms with Crippen molar-refractivity contribution >= 4 is 60.2 Å². The van der Waals surface area contributed by atoms with E-state index in [4.69, 9.17) is 20.8 Å². The Kier molecular flexibility index (Phi) is 6.05. The van der Waals surface area contributed by atoms with Gasteiger partial charge in [-0.3, -0.25) is 4.65 Å². The van der Waals surface area contributed by atoms with Crippen molar-refractivity contribution in [2.24, 2.45) is 0 Å². The molecule has 0 spiro atoms. The Morgan fingerprint density at radius 2 is 2.23 bits per heavy atom. The Labute approximate surface area is 191 Å². The first-order valence-electron chi connectivity index (χ1n) is 8.91. The van der Waals surface area contributed by atoms with Crippen molar-refractivity contribution < 1.29 is 27.1 Å². The number of alkyl halides is 4. The zero-order chi connectivity index (χ0) is 22.4. The third-order valence-electron chi connectivity index (χ3n) is 4.76. The predicted molar refractivity (Wildman–Crippen MR) is 113 cm³/mol. The van der Waals surface area contributed by atoms with Crippen molar-refractivity contribution in [2.75, 3.05) is 25.1 Å². The van der Waals surface area contributed by atoms with Crippen LogP contribution in [0.15, 0.2) is 34.9 Å². The number of hydroxylamine groups is 2. The van der Waals surface area contributed by atoms with E-state index in [1.54, 1.807) is 4.90 Å². The van der Waals surface area contributed by atoms with E-state index < -0.39 is 28.6 Å². The molecule has 0 saturated carbocycles. The molecule has 1 aromatic carbocycles. The number of ether oxygens (including phenoxy) is 1. The number of benzene rings is 1. The summed E-state index contributed by atoms with van der Waals surface area (Å²) in [6.07, 6.45) is -4.51. The van der Waals surface area contributed by atoms with E-state index >= 15 is 0 Å². The maximum Gasteiger partial charge on any atom is 0.416 e. The van der Waals surface area contributed by atoms with E-state index in [9.17, 15) is 23.2 Å². The van der Waals surface area contributed by atoms with E-state index in [1.807, 2.05) is 0 Å². The van der Waals surface area contributed by atoms with Gasteiger partial charge in [-0.15, -0.1) is 0 Å². The average molecular weight is 541 g/mol. The summed E-state index contributed by atoms with van der Waals surface area (Å²) in [6, 6.07) is 4.49. The summed E-state index contributed by atoms with van der Waals surface area (Å²) in [5, 5.41) is 14.4. The Morgan fingerprint density at radius 1 is 1.45 bits per heavy atom. The molecule has 31 heavy (non-hydrogen) atoms. The molecule has 13 heteroatoms. The Morgan fingerprint density at radius 3 is 2.87 bits per heavy atom. The molecule has 7 nitrogen and oxygen atoms in total. The normalized spacial score (nSPS) is 22.3. The summed E-state index contributed by atoms with van der Waals surface area (Å²) in [7, 11) is 0. The first kappa shape index (κ1) is 22.5. The number of esters is 1. The molecule has 3 aromatic rings. The van der Waals surface area contributed by atoms with Crippen LogP contribution < -0.4 is 4.65 Å². The van der Waals surface area contributed by atoms with Gasteiger partial charge in [0.05, 0.1) is 33.6 Å². The topological polar surface area (TPSA) is 78.6 Å². The number of hydrogen-bond acceptors (Lipinski definition) is 7. The van der Waals surface area contributed by atoms with E-state index in [0.29, 0.717) is 16.6 Å². The third-order valence-corrected chi connectivity index (χ3v) is 6.56. The average Bonchev–Trinajstić information content (AvgIpc) is 3.39. The summed E-state index contributed by atoms with van der Waals surface area (Å²) in [4.78, 5) is 18.4. The Hall–Kier alpha value is -1.70. The van der Waals surface area contributed by atoms with Crippen LogP contribution in [0.5, 0.6) is 0 Å². The van der Waals surface area contributed by atoms with Crippen LogP contribution in [0.1, 0.15) is 16.1 Å². The van der Waals surface area contributed by atoms with Gasteiger partial charge in [0.25, 0.3) is 11.4 Å². The van der Waals surface area contributed by atoms with E-state index in [0.717, 1.165) is 23.5 Å². The number of halogens is 5. The molecule has 2 atom stereocenters. The molecule has 1 saturated heterocycles. The molecule has 0 amide bonds. The van der Waals surface area contributed by atoms with Gasteiger partial charge < -0.3 is 14.4 Å². The van der Waals surface area contributed by atoms with Crippen LogP contribution in [-0.2, 0) is 10.9 Å². The van der Waals surface area contributed by atoms with Gasteiger partial charge in [-0.2, -0.15) is 18.2 Å². The fraction of sp³-hybridized carbons (Fsp3) is 0.333. The van der Waals surface area contributed by atoms with Crippen LogP contribution in [-0.4, -0.2) is 47.2 Å². The molecule has 0 N–H and O–H groups in total. The molecule has 0 radical (unpaired) electrons. The standard InChI is InChI=1S/C18H14BrClF3N3O4S/c19-4-5-25-8-14(30-16(27)15-11(20)3-6-29-15)26(28,9-25)17-24-12-7-10(18(21,22)23)1-2-13(12)31-17/h1-3,6-7,14H,4-5,8-9H2. The monoisotopic (exact) mass is 539 g/mol. The largest absolute Gasteiger partial charge is 0.622 e. The Balaban J connectivity index is 1.68. The zero-order valence-corrected chi connectivity index (χ0v) is 18.7. The number of nitrogens with zero attached hydrogens (tertiary/aromatic N) is 3. The summed E-state index contributed by atoms with van der Waals surface area (Å²) < 4.78 is 48.8. The molecule has 0 bridgehead atoms. The SMILES string of the molecule is O=C(OC1CN(CCBr)C[N+]1([O-])c1nc2cc(C(F)(F)F)ccc2s1)c1occc1Cl. The van der Waals surface area contributed by atoms with Crippen LogP contribution >= 0.6 is 38.9 Å². The molecule has 1 aliphatic heterocycles. The Bertz CT molecular complexity index is 1120. The van der Waals surface area contributed by atoms with Gasteiger partial charge in [-0.25, -0.2) is 9.69 Å². The molecule has 2 unspecified atom stereocenters. The lowest BCUT2D eigenvalue weighted by molar-refractivity contribution is -0.137. The van der Waals surface area contributed by atoms with Gasteiger partial charge in [0.1, 0.15) is 6.67 Å². The van der Waals surface area contributed by atoms with Crippen LogP contribution in [0.4, 0.5) is 18.3 Å². The highest BCUT2D eigenvalue weighted by Crippen LogP contribution is 2.40. The lowest BCUT2D eigenvalue weighted by atomic mass is 10.2. The van der Waals surface area contributed by atoms with E-state index in [-0.39, 0.29) is 34.6 Å². The zero-order valence-electron chi connectivity index (χ0n) is 15.6. The molecule has 0 aliphatic carbocycles. The number of aromatic nitrogens is 1. The first-order chi connectivity index (χ1) is 14.6. The number of furan rings is 1. The fourth-order valence-electron chi connectivity index (χ4n) is 3.26. The fourth-order valence-corrected chi connectivity index (χ4v) is 4.95. The second kappa shape index (κ2) is 8.34. The molecule has 3 heterocycles. The molecule has 1 aliphatic rings. The molecule has 2 aromatic heterocycles. The first-order valence-corrected chi connectivity index (χ1v) is 11.2. The molecule has 166 valence electrons. The summed E-state index contributed by atoms with van der Waals surface area (Å²) in [5.41, 5.74) is -0.798. The van der Waals surface area contributed by atoms with Crippen molar-refractivity contribution in [1.82, 2.24) is 14.5 Å². The maximum absolute atomic E-state index is 13.8. The molecule has 1 fully saturated rings. The molecular weight excluding hydrogens is 527 g/mol. The van der Waals surface area contributed by atoms with Crippen LogP contribution in [0.2, 0.25) is 5.02 Å². The lowest BCUT2D eigenvalue weighted by Crippen LogP contribution is -2.50. The van der Waals surface area contributed by atoms with Crippen molar-refractivity contribution in [3.8, 4) is 0 Å². The quantitative estimate of drug-likeness (QED) is 0.191. The van der Waals surface area contributed by atoms with Crippen LogP contribution in [0.25, 0.3) is 10.2 Å². The number of rotatable bonds is 5. The van der Waals surface area contributed by atoms with Crippen LogP contribution in [0.3, 0.4) is 0 Å². The van der Waals surface area contributed by atoms with E-state index in [2.05, 4.69) is 20.9 Å². The minimum atomic E-state index is -4.53. The molecule has 4 rings (SSSR count). The molecular formula is C18H14BrClF3N3O4S. The predicted octanol–water partition coefficient (Wildman–Crippen LogP) is 5.22. The van der Waals surface area contributed by atoms with Crippen LogP contribution in [0, 0.1) is 5.21 Å². The second-order valence-corrected chi connectivity index (χ2v) is 9.05. The van der Waals surface area contributed by atoms with Crippen molar-refractivity contribution in [2.45, 2.75) is 12.4 Å². The highest BCUT2D eigenvalue weighted by atomic mass is 79.9. The van der Waals surface area contributed by atoms with Gasteiger partial charge in [0.15, 0.2) is 0 Å². The number of fused-ring (bicyclic) bond motifs is 1. The van der Waals surface area contributed by atoms with Crippen molar-refractivity contribution in [3.63, 3.8) is 0 Å². The highest BCUT2D eigenvalue weighted by Gasteiger charge is 2.46. The minimum absolute atomic E-state index is 0.00487.